The van der Waals surface area contributed by atoms with Crippen LogP contribution < -0.4 is 5.32 Å². The van der Waals surface area contributed by atoms with Crippen molar-refractivity contribution in [1.82, 2.24) is 9.88 Å². The third-order valence-electron chi connectivity index (χ3n) is 4.58. The molecule has 0 bridgehead atoms. The minimum atomic E-state index is 0. The monoisotopic (exact) mass is 300 g/mol. The number of rotatable bonds is 2. The lowest BCUT2D eigenvalue weighted by molar-refractivity contribution is 0.648. The molecule has 3 aromatic rings. The molecular weight excluding hydrogens is 280 g/mol. The number of nitrogens with zero attached hydrogens (tertiary/aromatic N) is 1. The van der Waals surface area contributed by atoms with Gasteiger partial charge in [-0.3, -0.25) is 0 Å². The van der Waals surface area contributed by atoms with Gasteiger partial charge in [-0.25, -0.2) is 0 Å². The molecule has 1 atom stereocenters. The molecule has 21 heavy (non-hydrogen) atoms. The Labute approximate surface area is 131 Å². The summed E-state index contributed by atoms with van der Waals surface area (Å²) in [6, 6.07) is 16.3. The van der Waals surface area contributed by atoms with Crippen LogP contribution in [0.15, 0.2) is 42.5 Å². The van der Waals surface area contributed by atoms with E-state index in [9.17, 15) is 0 Å². The minimum absolute atomic E-state index is 0. The molecule has 1 aromatic heterocycles. The van der Waals surface area contributed by atoms with Crippen molar-refractivity contribution in [3.63, 3.8) is 0 Å². The molecule has 1 aliphatic heterocycles. The first-order valence-electron chi connectivity index (χ1n) is 7.63. The summed E-state index contributed by atoms with van der Waals surface area (Å²) in [6.07, 6.45) is 2.55. The number of hydrogen-bond acceptors (Lipinski definition) is 1. The van der Waals surface area contributed by atoms with Crippen LogP contribution in [0.25, 0.3) is 21.8 Å². The molecule has 1 aliphatic rings. The average Bonchev–Trinajstić information content (AvgIpc) is 3.12. The Morgan fingerprint density at radius 3 is 2.67 bits per heavy atom. The Hall–Kier alpha value is -1.51. The van der Waals surface area contributed by atoms with Crippen LogP contribution in [0, 0.1) is 0 Å². The lowest BCUT2D eigenvalue weighted by Gasteiger charge is -2.11. The predicted molar refractivity (Wildman–Crippen MR) is 92.3 cm³/mol. The van der Waals surface area contributed by atoms with Gasteiger partial charge in [-0.05, 0) is 50.1 Å². The molecule has 3 heteroatoms. The van der Waals surface area contributed by atoms with Gasteiger partial charge in [-0.1, -0.05) is 24.3 Å². The van der Waals surface area contributed by atoms with E-state index >= 15 is 0 Å². The van der Waals surface area contributed by atoms with Gasteiger partial charge in [-0.2, -0.15) is 0 Å². The van der Waals surface area contributed by atoms with E-state index in [1.165, 1.54) is 40.2 Å². The van der Waals surface area contributed by atoms with E-state index in [4.69, 9.17) is 0 Å². The standard InChI is InChI=1S/C18H20N2.ClH/c1-2-20-17-8-4-3-6-14(17)15-12-13(9-10-18(15)20)16-7-5-11-19-16;/h3-4,6,8-10,12,16,19H,2,5,7,11H2,1H3;1H/t16-;/m1./s1. The topological polar surface area (TPSA) is 17.0 Å². The summed E-state index contributed by atoms with van der Waals surface area (Å²) < 4.78 is 2.41. The number of halogens is 1. The molecule has 2 heterocycles. The number of aromatic nitrogens is 1. The van der Waals surface area contributed by atoms with Crippen molar-refractivity contribution in [2.75, 3.05) is 6.54 Å². The summed E-state index contributed by atoms with van der Waals surface area (Å²) in [7, 11) is 0. The van der Waals surface area contributed by atoms with E-state index in [1.54, 1.807) is 0 Å². The smallest absolute Gasteiger partial charge is 0.0491 e. The lowest BCUT2D eigenvalue weighted by Crippen LogP contribution is -2.12. The van der Waals surface area contributed by atoms with Gasteiger partial charge in [0.2, 0.25) is 0 Å². The van der Waals surface area contributed by atoms with Crippen LogP contribution in [0.4, 0.5) is 0 Å². The molecule has 0 radical (unpaired) electrons. The van der Waals surface area contributed by atoms with Crippen LogP contribution in [0.2, 0.25) is 0 Å². The predicted octanol–water partition coefficient (Wildman–Crippen LogP) is 4.66. The van der Waals surface area contributed by atoms with Crippen molar-refractivity contribution in [1.29, 1.82) is 0 Å². The van der Waals surface area contributed by atoms with Crippen molar-refractivity contribution in [2.24, 2.45) is 0 Å². The van der Waals surface area contributed by atoms with Gasteiger partial charge in [0.05, 0.1) is 0 Å². The molecule has 0 spiro atoms. The minimum Gasteiger partial charge on any atom is -0.341 e. The zero-order chi connectivity index (χ0) is 13.5. The maximum atomic E-state index is 3.60. The van der Waals surface area contributed by atoms with Crippen molar-refractivity contribution in [3.8, 4) is 0 Å². The summed E-state index contributed by atoms with van der Waals surface area (Å²) in [6.45, 7) is 4.39. The lowest BCUT2D eigenvalue weighted by atomic mass is 10.0. The van der Waals surface area contributed by atoms with Crippen LogP contribution in [0.1, 0.15) is 31.4 Å². The van der Waals surface area contributed by atoms with Crippen molar-refractivity contribution >= 4 is 34.2 Å². The van der Waals surface area contributed by atoms with Gasteiger partial charge in [0.25, 0.3) is 0 Å². The first-order valence-corrected chi connectivity index (χ1v) is 7.63. The van der Waals surface area contributed by atoms with Gasteiger partial charge < -0.3 is 9.88 Å². The molecule has 0 saturated carbocycles. The van der Waals surface area contributed by atoms with Crippen molar-refractivity contribution in [3.05, 3.63) is 48.0 Å². The van der Waals surface area contributed by atoms with Crippen LogP contribution in [0.3, 0.4) is 0 Å². The highest BCUT2D eigenvalue weighted by molar-refractivity contribution is 6.08. The highest BCUT2D eigenvalue weighted by atomic mass is 35.5. The first-order chi connectivity index (χ1) is 9.88. The maximum Gasteiger partial charge on any atom is 0.0491 e. The summed E-state index contributed by atoms with van der Waals surface area (Å²) >= 11 is 0. The van der Waals surface area contributed by atoms with Gasteiger partial charge in [0.15, 0.2) is 0 Å². The number of aryl methyl sites for hydroxylation is 1. The van der Waals surface area contributed by atoms with Crippen LogP contribution in [0.5, 0.6) is 0 Å². The van der Waals surface area contributed by atoms with Crippen LogP contribution in [-0.2, 0) is 6.54 Å². The normalized spacial score (nSPS) is 18.2. The summed E-state index contributed by atoms with van der Waals surface area (Å²) in [5.74, 6) is 0. The SMILES string of the molecule is CCn1c2ccccc2c2cc([C@H]3CCCN3)ccc21.Cl. The molecule has 2 nitrogen and oxygen atoms in total. The average molecular weight is 301 g/mol. The number of nitrogens with one attached hydrogen (secondary N) is 1. The fraction of sp³-hybridized carbons (Fsp3) is 0.333. The third kappa shape index (κ3) is 2.23. The third-order valence-corrected chi connectivity index (χ3v) is 4.58. The molecule has 1 saturated heterocycles. The second kappa shape index (κ2) is 5.70. The maximum absolute atomic E-state index is 3.60. The molecule has 2 aromatic carbocycles. The van der Waals surface area contributed by atoms with E-state index in [1.807, 2.05) is 0 Å². The van der Waals surface area contributed by atoms with Crippen molar-refractivity contribution < 1.29 is 0 Å². The van der Waals surface area contributed by atoms with E-state index in [0.717, 1.165) is 13.1 Å². The first kappa shape index (κ1) is 14.4. The quantitative estimate of drug-likeness (QED) is 0.728. The van der Waals surface area contributed by atoms with E-state index in [0.29, 0.717) is 6.04 Å². The fourth-order valence-electron chi connectivity index (χ4n) is 3.60. The second-order valence-corrected chi connectivity index (χ2v) is 5.69. The molecule has 0 aliphatic carbocycles. The molecular formula is C18H21ClN2. The Morgan fingerprint density at radius 1 is 1.10 bits per heavy atom. The van der Waals surface area contributed by atoms with Gasteiger partial charge in [-0.15, -0.1) is 12.4 Å². The Kier molecular flexibility index (Phi) is 3.92. The molecule has 0 amide bonds. The summed E-state index contributed by atoms with van der Waals surface area (Å²) in [4.78, 5) is 0. The fourth-order valence-corrected chi connectivity index (χ4v) is 3.60. The van der Waals surface area contributed by atoms with Gasteiger partial charge in [0.1, 0.15) is 0 Å². The highest BCUT2D eigenvalue weighted by Gasteiger charge is 2.17. The zero-order valence-electron chi connectivity index (χ0n) is 12.3. The molecule has 1 N–H and O–H groups in total. The van der Waals surface area contributed by atoms with Crippen molar-refractivity contribution in [2.45, 2.75) is 32.4 Å². The molecule has 0 unspecified atom stereocenters. The van der Waals surface area contributed by atoms with E-state index in [-0.39, 0.29) is 12.4 Å². The Morgan fingerprint density at radius 2 is 1.90 bits per heavy atom. The number of para-hydroxylation sites is 1. The summed E-state index contributed by atoms with van der Waals surface area (Å²) in [5.41, 5.74) is 4.14. The number of benzene rings is 2. The molecule has 1 fully saturated rings. The van der Waals surface area contributed by atoms with Gasteiger partial charge in [0, 0.05) is 34.4 Å². The Balaban J connectivity index is 0.00000132. The number of hydrogen-bond donors (Lipinski definition) is 1. The van der Waals surface area contributed by atoms with Gasteiger partial charge >= 0.3 is 0 Å². The van der Waals surface area contributed by atoms with E-state index < -0.39 is 0 Å². The molecule has 4 rings (SSSR count). The van der Waals surface area contributed by atoms with Crippen LogP contribution >= 0.6 is 12.4 Å². The van der Waals surface area contributed by atoms with E-state index in [2.05, 4.69) is 59.3 Å². The zero-order valence-corrected chi connectivity index (χ0v) is 13.1. The second-order valence-electron chi connectivity index (χ2n) is 5.69. The summed E-state index contributed by atoms with van der Waals surface area (Å²) in [5, 5.41) is 6.38. The van der Waals surface area contributed by atoms with Crippen LogP contribution in [-0.4, -0.2) is 11.1 Å². The Bertz CT molecular complexity index is 769. The number of fused-ring (bicyclic) bond motifs is 3. The largest absolute Gasteiger partial charge is 0.341 e. The highest BCUT2D eigenvalue weighted by Crippen LogP contribution is 2.32. The molecule has 110 valence electrons.